The van der Waals surface area contributed by atoms with Gasteiger partial charge in [-0.3, -0.25) is 4.98 Å². The molecule has 32 heavy (non-hydrogen) atoms. The van der Waals surface area contributed by atoms with E-state index in [1.807, 2.05) is 42.5 Å². The highest BCUT2D eigenvalue weighted by Crippen LogP contribution is 2.30. The van der Waals surface area contributed by atoms with Crippen LogP contribution in [0.1, 0.15) is 19.8 Å². The number of fused-ring (bicyclic) bond motifs is 1. The van der Waals surface area contributed by atoms with E-state index in [2.05, 4.69) is 37.5 Å². The minimum Gasteiger partial charge on any atom is -0.494 e. The molecule has 3 aromatic heterocycles. The Morgan fingerprint density at radius 1 is 1.12 bits per heavy atom. The predicted molar refractivity (Wildman–Crippen MR) is 128 cm³/mol. The number of ether oxygens (including phenoxy) is 1. The molecule has 4 N–H and O–H groups in total. The summed E-state index contributed by atoms with van der Waals surface area (Å²) in [5.74, 6) is 2.09. The van der Waals surface area contributed by atoms with Gasteiger partial charge >= 0.3 is 0 Å². The lowest BCUT2D eigenvalue weighted by Crippen LogP contribution is -2.16. The van der Waals surface area contributed by atoms with Crippen molar-refractivity contribution in [2.75, 3.05) is 24.7 Å². The van der Waals surface area contributed by atoms with Crippen molar-refractivity contribution in [3.8, 4) is 17.1 Å². The average molecular weight is 430 g/mol. The Morgan fingerprint density at radius 3 is 2.66 bits per heavy atom. The maximum absolute atomic E-state index is 6.14. The number of anilines is 3. The first kappa shape index (κ1) is 21.5. The topological polar surface area (TPSA) is 111 Å². The van der Waals surface area contributed by atoms with Gasteiger partial charge in [0, 0.05) is 23.5 Å². The molecule has 1 saturated heterocycles. The second-order valence-electron chi connectivity index (χ2n) is 7.59. The van der Waals surface area contributed by atoms with Crippen LogP contribution in [0.25, 0.3) is 22.3 Å². The zero-order chi connectivity index (χ0) is 22.3. The number of aromatic nitrogens is 4. The standard InChI is InChI=1S/C19H16N6O.C5H11N/c1-26-15-11-21-10-14-17(15)18(20)25-19(24-14)12-7-8-22-16(9-12)23-13-5-3-2-4-6-13;1-5-3-2-4-6-5/h2-11H,1H3,(H,22,23)(H2,20,24,25);5-6H,2-4H2,1H3. The van der Waals surface area contributed by atoms with Crippen LogP contribution in [0.5, 0.6) is 5.75 Å². The number of benzene rings is 1. The molecule has 0 radical (unpaired) electrons. The van der Waals surface area contributed by atoms with Crippen molar-refractivity contribution in [2.24, 2.45) is 0 Å². The number of nitrogen functional groups attached to an aromatic ring is 1. The van der Waals surface area contributed by atoms with Crippen molar-refractivity contribution in [1.29, 1.82) is 0 Å². The number of nitrogens with one attached hydrogen (secondary N) is 2. The predicted octanol–water partition coefficient (Wildman–Crippen LogP) is 4.18. The first-order valence-corrected chi connectivity index (χ1v) is 10.6. The van der Waals surface area contributed by atoms with Crippen LogP contribution < -0.4 is 21.1 Å². The van der Waals surface area contributed by atoms with Gasteiger partial charge in [0.1, 0.15) is 17.4 Å². The largest absolute Gasteiger partial charge is 0.494 e. The Balaban J connectivity index is 0.000000354. The zero-order valence-corrected chi connectivity index (χ0v) is 18.2. The summed E-state index contributed by atoms with van der Waals surface area (Å²) in [7, 11) is 1.56. The minimum atomic E-state index is 0.346. The summed E-state index contributed by atoms with van der Waals surface area (Å²) in [6, 6.07) is 14.3. The molecular formula is C24H27N7O. The van der Waals surface area contributed by atoms with E-state index in [4.69, 9.17) is 10.5 Å². The van der Waals surface area contributed by atoms with Crippen LogP contribution >= 0.6 is 0 Å². The molecule has 1 unspecified atom stereocenters. The number of pyridine rings is 2. The minimum absolute atomic E-state index is 0.346. The highest BCUT2D eigenvalue weighted by atomic mass is 16.5. The fourth-order valence-electron chi connectivity index (χ4n) is 3.53. The maximum Gasteiger partial charge on any atom is 0.162 e. The van der Waals surface area contributed by atoms with E-state index in [0.29, 0.717) is 34.1 Å². The van der Waals surface area contributed by atoms with Crippen molar-refractivity contribution in [1.82, 2.24) is 25.3 Å². The van der Waals surface area contributed by atoms with Gasteiger partial charge in [-0.15, -0.1) is 0 Å². The van der Waals surface area contributed by atoms with Gasteiger partial charge < -0.3 is 21.1 Å². The molecule has 1 aliphatic heterocycles. The summed E-state index contributed by atoms with van der Waals surface area (Å²) < 4.78 is 5.30. The number of para-hydroxylation sites is 1. The normalized spacial score (nSPS) is 15.1. The summed E-state index contributed by atoms with van der Waals surface area (Å²) in [5.41, 5.74) is 8.52. The van der Waals surface area contributed by atoms with Crippen molar-refractivity contribution >= 4 is 28.2 Å². The SMILES string of the molecule is CC1CCCN1.COc1cncc2nc(-c3ccnc(Nc4ccccc4)c3)nc(N)c12. The van der Waals surface area contributed by atoms with Gasteiger partial charge in [-0.2, -0.15) is 0 Å². The summed E-state index contributed by atoms with van der Waals surface area (Å²) >= 11 is 0. The van der Waals surface area contributed by atoms with E-state index >= 15 is 0 Å². The van der Waals surface area contributed by atoms with E-state index in [-0.39, 0.29) is 0 Å². The van der Waals surface area contributed by atoms with Crippen LogP contribution in [-0.2, 0) is 0 Å². The molecule has 8 nitrogen and oxygen atoms in total. The smallest absolute Gasteiger partial charge is 0.162 e. The first-order valence-electron chi connectivity index (χ1n) is 10.6. The molecule has 0 spiro atoms. The van der Waals surface area contributed by atoms with Crippen molar-refractivity contribution < 1.29 is 4.74 Å². The van der Waals surface area contributed by atoms with Gasteiger partial charge in [-0.05, 0) is 50.6 Å². The van der Waals surface area contributed by atoms with E-state index in [1.165, 1.54) is 19.4 Å². The average Bonchev–Trinajstić information content (AvgIpc) is 3.30. The molecule has 5 rings (SSSR count). The lowest BCUT2D eigenvalue weighted by atomic mass is 10.2. The molecule has 0 amide bonds. The Labute approximate surface area is 187 Å². The zero-order valence-electron chi connectivity index (χ0n) is 18.2. The van der Waals surface area contributed by atoms with Gasteiger partial charge in [-0.1, -0.05) is 18.2 Å². The van der Waals surface area contributed by atoms with Crippen molar-refractivity contribution in [3.63, 3.8) is 0 Å². The second kappa shape index (κ2) is 10.0. The van der Waals surface area contributed by atoms with Gasteiger partial charge in [0.2, 0.25) is 0 Å². The van der Waals surface area contributed by atoms with Gasteiger partial charge in [-0.25, -0.2) is 15.0 Å². The molecule has 1 fully saturated rings. The number of methoxy groups -OCH3 is 1. The third-order valence-corrected chi connectivity index (χ3v) is 5.19. The van der Waals surface area contributed by atoms with Gasteiger partial charge in [0.25, 0.3) is 0 Å². The monoisotopic (exact) mass is 429 g/mol. The molecule has 4 aromatic rings. The summed E-state index contributed by atoms with van der Waals surface area (Å²) in [6.07, 6.45) is 7.69. The molecule has 1 atom stereocenters. The summed E-state index contributed by atoms with van der Waals surface area (Å²) in [4.78, 5) is 17.5. The van der Waals surface area contributed by atoms with Crippen LogP contribution in [0.2, 0.25) is 0 Å². The molecule has 1 aliphatic rings. The molecule has 0 aliphatic carbocycles. The molecule has 4 heterocycles. The van der Waals surface area contributed by atoms with E-state index in [0.717, 1.165) is 17.3 Å². The maximum atomic E-state index is 6.14. The lowest BCUT2D eigenvalue weighted by Gasteiger charge is -2.10. The Morgan fingerprint density at radius 2 is 1.97 bits per heavy atom. The van der Waals surface area contributed by atoms with Crippen LogP contribution in [0, 0.1) is 0 Å². The fourth-order valence-corrected chi connectivity index (χ4v) is 3.53. The Bertz CT molecular complexity index is 1180. The number of nitrogens with zero attached hydrogens (tertiary/aromatic N) is 4. The van der Waals surface area contributed by atoms with E-state index in [1.54, 1.807) is 25.7 Å². The summed E-state index contributed by atoms with van der Waals surface area (Å²) in [5, 5.41) is 7.23. The number of nitrogens with two attached hydrogens (primary N) is 1. The van der Waals surface area contributed by atoms with Crippen molar-refractivity contribution in [3.05, 3.63) is 61.1 Å². The van der Waals surface area contributed by atoms with E-state index in [9.17, 15) is 0 Å². The Hall–Kier alpha value is -3.78. The first-order chi connectivity index (χ1) is 15.6. The third-order valence-electron chi connectivity index (χ3n) is 5.19. The fraction of sp³-hybridized carbons (Fsp3) is 0.250. The second-order valence-corrected chi connectivity index (χ2v) is 7.59. The number of hydrogen-bond donors (Lipinski definition) is 3. The quantitative estimate of drug-likeness (QED) is 0.443. The molecular weight excluding hydrogens is 402 g/mol. The molecule has 164 valence electrons. The highest BCUT2D eigenvalue weighted by molar-refractivity contribution is 5.94. The van der Waals surface area contributed by atoms with Crippen LogP contribution in [0.15, 0.2) is 61.1 Å². The van der Waals surface area contributed by atoms with Crippen molar-refractivity contribution in [2.45, 2.75) is 25.8 Å². The lowest BCUT2D eigenvalue weighted by molar-refractivity contribution is 0.418. The molecule has 0 bridgehead atoms. The molecule has 0 saturated carbocycles. The molecule has 1 aromatic carbocycles. The molecule has 8 heteroatoms. The van der Waals surface area contributed by atoms with E-state index < -0.39 is 0 Å². The van der Waals surface area contributed by atoms with Crippen LogP contribution in [0.4, 0.5) is 17.3 Å². The Kier molecular flexibility index (Phi) is 6.72. The summed E-state index contributed by atoms with van der Waals surface area (Å²) in [6.45, 7) is 3.47. The van der Waals surface area contributed by atoms with Gasteiger partial charge in [0.15, 0.2) is 5.82 Å². The number of rotatable bonds is 4. The third kappa shape index (κ3) is 5.09. The highest BCUT2D eigenvalue weighted by Gasteiger charge is 2.12. The van der Waals surface area contributed by atoms with Crippen LogP contribution in [0.3, 0.4) is 0 Å². The number of hydrogen-bond acceptors (Lipinski definition) is 8. The van der Waals surface area contributed by atoms with Gasteiger partial charge in [0.05, 0.1) is 30.4 Å². The van der Waals surface area contributed by atoms with Crippen LogP contribution in [-0.4, -0.2) is 39.6 Å².